The largest absolute Gasteiger partial charge is 0.490 e. The molecule has 0 unspecified atom stereocenters. The molecule has 6 rings (SSSR count). The Labute approximate surface area is 250 Å². The van der Waals surface area contributed by atoms with Crippen LogP contribution in [0.2, 0.25) is 0 Å². The van der Waals surface area contributed by atoms with E-state index in [4.69, 9.17) is 14.6 Å². The highest BCUT2D eigenvalue weighted by Gasteiger charge is 2.63. The zero-order valence-corrected chi connectivity index (χ0v) is 23.7. The van der Waals surface area contributed by atoms with E-state index in [1.165, 1.54) is 11.2 Å². The van der Waals surface area contributed by atoms with Crippen LogP contribution in [0.5, 0.6) is 5.88 Å². The topological polar surface area (TPSA) is 162 Å². The van der Waals surface area contributed by atoms with E-state index in [0.29, 0.717) is 60.9 Å². The Bertz CT molecular complexity index is 1660. The fraction of sp³-hybridized carbons (Fsp3) is 0.481. The van der Waals surface area contributed by atoms with Crippen molar-refractivity contribution >= 4 is 34.6 Å². The van der Waals surface area contributed by atoms with Crippen LogP contribution in [0, 0.1) is 0 Å². The molecule has 2 bridgehead atoms. The van der Waals surface area contributed by atoms with Gasteiger partial charge in [0.15, 0.2) is 0 Å². The van der Waals surface area contributed by atoms with Gasteiger partial charge in [-0.2, -0.15) is 26.3 Å². The summed E-state index contributed by atoms with van der Waals surface area (Å²) in [5, 5.41) is 18.1. The normalized spacial score (nSPS) is 23.5. The number of imide groups is 1. The number of halogens is 6. The second-order valence-electron chi connectivity index (χ2n) is 11.7. The van der Waals surface area contributed by atoms with Gasteiger partial charge in [-0.1, -0.05) is 0 Å². The number of carboxylic acids is 1. The predicted molar refractivity (Wildman–Crippen MR) is 141 cm³/mol. The molecule has 0 aromatic carbocycles. The number of carbonyl (C=O) groups is 3. The van der Waals surface area contributed by atoms with Gasteiger partial charge in [0.05, 0.1) is 34.0 Å². The van der Waals surface area contributed by atoms with Gasteiger partial charge in [-0.3, -0.25) is 19.6 Å². The number of aromatic amines is 1. The highest BCUT2D eigenvalue weighted by atomic mass is 19.4. The van der Waals surface area contributed by atoms with Crippen molar-refractivity contribution in [1.82, 2.24) is 24.8 Å². The Morgan fingerprint density at radius 3 is 2.24 bits per heavy atom. The summed E-state index contributed by atoms with van der Waals surface area (Å²) >= 11 is 0. The minimum absolute atomic E-state index is 0.0750. The summed E-state index contributed by atoms with van der Waals surface area (Å²) in [4.78, 5) is 52.9. The van der Waals surface area contributed by atoms with E-state index in [-0.39, 0.29) is 12.2 Å². The molecule has 2 aliphatic carbocycles. The lowest BCUT2D eigenvalue weighted by Gasteiger charge is -2.34. The van der Waals surface area contributed by atoms with E-state index in [1.807, 2.05) is 0 Å². The molecule has 3 aliphatic rings. The average molecular weight is 645 g/mol. The third-order valence-corrected chi connectivity index (χ3v) is 8.15. The number of amides is 3. The van der Waals surface area contributed by atoms with Crippen LogP contribution in [-0.4, -0.2) is 76.8 Å². The number of nitrogens with zero attached hydrogens (tertiary/aromatic N) is 5. The molecule has 1 saturated heterocycles. The predicted octanol–water partition coefficient (Wildman–Crippen LogP) is 4.54. The third kappa shape index (κ3) is 5.97. The molecule has 3 amide bonds. The number of carbonyl (C=O) groups excluding carboxylic acids is 2. The number of fused-ring (bicyclic) bond motifs is 3. The molecule has 0 radical (unpaired) electrons. The molecular weight excluding hydrogens is 618 g/mol. The molecule has 2 saturated carbocycles. The fourth-order valence-corrected chi connectivity index (χ4v) is 6.00. The van der Waals surface area contributed by atoms with Crippen molar-refractivity contribution in [3.8, 4) is 5.88 Å². The highest BCUT2D eigenvalue weighted by Crippen LogP contribution is 2.56. The van der Waals surface area contributed by atoms with E-state index in [2.05, 4.69) is 19.9 Å². The van der Waals surface area contributed by atoms with E-state index in [1.54, 1.807) is 19.9 Å². The Kier molecular flexibility index (Phi) is 7.49. The first kappa shape index (κ1) is 31.9. The number of pyridine rings is 1. The Hall–Kier alpha value is -4.48. The van der Waals surface area contributed by atoms with Gasteiger partial charge in [0, 0.05) is 18.3 Å². The van der Waals surface area contributed by atoms with Crippen LogP contribution < -0.4 is 9.64 Å². The quantitative estimate of drug-likeness (QED) is 0.268. The first-order valence-corrected chi connectivity index (χ1v) is 13.5. The smallest absolute Gasteiger partial charge is 0.475 e. The van der Waals surface area contributed by atoms with Crippen molar-refractivity contribution in [3.05, 3.63) is 42.1 Å². The lowest BCUT2D eigenvalue weighted by Crippen LogP contribution is -2.49. The summed E-state index contributed by atoms with van der Waals surface area (Å²) in [5.74, 6) is -2.88. The molecule has 18 heteroatoms. The van der Waals surface area contributed by atoms with E-state index < -0.39 is 52.6 Å². The van der Waals surface area contributed by atoms with Gasteiger partial charge < -0.3 is 19.9 Å². The molecule has 1 aliphatic heterocycles. The molecule has 0 spiro atoms. The summed E-state index contributed by atoms with van der Waals surface area (Å²) in [6.07, 6.45) is -3.96. The number of urea groups is 1. The molecule has 3 fully saturated rings. The lowest BCUT2D eigenvalue weighted by molar-refractivity contribution is -0.192. The first-order valence-electron chi connectivity index (χ1n) is 13.5. The first-order chi connectivity index (χ1) is 20.7. The van der Waals surface area contributed by atoms with Gasteiger partial charge in [-0.15, -0.1) is 0 Å². The monoisotopic (exact) mass is 644 g/mol. The summed E-state index contributed by atoms with van der Waals surface area (Å²) < 4.78 is 77.8. The maximum Gasteiger partial charge on any atom is 0.490 e. The molecule has 242 valence electrons. The number of aromatic nitrogens is 4. The third-order valence-electron chi connectivity index (χ3n) is 8.15. The molecule has 0 atom stereocenters. The number of H-pyrrole nitrogens is 1. The number of rotatable bonds is 5. The number of carboxylic acid groups (broad SMARTS) is 1. The van der Waals surface area contributed by atoms with Crippen molar-refractivity contribution in [2.75, 3.05) is 11.4 Å². The van der Waals surface area contributed by atoms with Gasteiger partial charge in [-0.25, -0.2) is 19.6 Å². The van der Waals surface area contributed by atoms with Crippen molar-refractivity contribution in [2.45, 2.75) is 75.0 Å². The standard InChI is InChI=1S/C25H25F3N6O4.C2HF3O2/c1-22(2,37)17-8-16-19(32-17)30-13-31-20(16)38-24-5-3-23(12-24,4-6-24)34-18(35)11-33(21(34)36)15-7-14(9-29-10-15)25(26,27)28;3-2(4,5)1(6)7/h7-10,13,37H,3-6,11-12H2,1-2H3,(H,30,31,32);(H,6,7). The number of hydrogen-bond donors (Lipinski definition) is 3. The summed E-state index contributed by atoms with van der Waals surface area (Å²) in [7, 11) is 0. The van der Waals surface area contributed by atoms with Crippen LogP contribution in [-0.2, 0) is 21.4 Å². The van der Waals surface area contributed by atoms with Gasteiger partial charge in [-0.05, 0) is 51.7 Å². The molecule has 3 aromatic heterocycles. The fourth-order valence-electron chi connectivity index (χ4n) is 6.00. The van der Waals surface area contributed by atoms with Gasteiger partial charge in [0.25, 0.3) is 5.91 Å². The van der Waals surface area contributed by atoms with Crippen LogP contribution in [0.3, 0.4) is 0 Å². The van der Waals surface area contributed by atoms with E-state index in [9.17, 15) is 41.0 Å². The van der Waals surface area contributed by atoms with Crippen molar-refractivity contribution in [3.63, 3.8) is 0 Å². The van der Waals surface area contributed by atoms with Crippen LogP contribution >= 0.6 is 0 Å². The van der Waals surface area contributed by atoms with Crippen LogP contribution in [0.15, 0.2) is 30.9 Å². The van der Waals surface area contributed by atoms with Crippen LogP contribution in [0.25, 0.3) is 11.0 Å². The second kappa shape index (κ2) is 10.6. The molecule has 3 aromatic rings. The number of nitrogens with one attached hydrogen (secondary N) is 1. The van der Waals surface area contributed by atoms with E-state index in [0.717, 1.165) is 17.2 Å². The summed E-state index contributed by atoms with van der Waals surface area (Å²) in [6.45, 7) is 2.94. The highest BCUT2D eigenvalue weighted by molar-refractivity contribution is 6.12. The van der Waals surface area contributed by atoms with Crippen molar-refractivity contribution in [2.24, 2.45) is 0 Å². The molecular formula is C27H26F6N6O6. The molecule has 3 N–H and O–H groups in total. The number of aliphatic hydroxyl groups is 1. The molecule has 45 heavy (non-hydrogen) atoms. The SMILES string of the molecule is CC(C)(O)c1cc2c(OC34CCC(N5C(=O)CN(c6cncc(C(F)(F)F)c6)C5=O)(CC3)C4)ncnc2[nH]1.O=C(O)C(F)(F)F. The maximum atomic E-state index is 13.4. The van der Waals surface area contributed by atoms with Gasteiger partial charge >= 0.3 is 24.4 Å². The zero-order valence-electron chi connectivity index (χ0n) is 23.7. The minimum Gasteiger partial charge on any atom is -0.475 e. The number of aliphatic carboxylic acids is 1. The van der Waals surface area contributed by atoms with E-state index >= 15 is 0 Å². The second-order valence-corrected chi connectivity index (χ2v) is 11.7. The zero-order chi connectivity index (χ0) is 33.2. The number of alkyl halides is 6. The molecule has 4 heterocycles. The Morgan fingerprint density at radius 2 is 1.67 bits per heavy atom. The number of hydrogen-bond acceptors (Lipinski definition) is 8. The molecule has 12 nitrogen and oxygen atoms in total. The van der Waals surface area contributed by atoms with Crippen molar-refractivity contribution in [1.29, 1.82) is 0 Å². The summed E-state index contributed by atoms with van der Waals surface area (Å²) in [5.41, 5.74) is -2.58. The van der Waals surface area contributed by atoms with Crippen LogP contribution in [0.1, 0.15) is 57.2 Å². The summed E-state index contributed by atoms with van der Waals surface area (Å²) in [6, 6.07) is 1.92. The minimum atomic E-state index is -5.08. The van der Waals surface area contributed by atoms with Gasteiger partial charge in [0.2, 0.25) is 5.88 Å². The Balaban J connectivity index is 0.000000515. The number of ether oxygens (including phenoxy) is 1. The number of anilines is 1. The lowest BCUT2D eigenvalue weighted by atomic mass is 9.91. The maximum absolute atomic E-state index is 13.4. The van der Waals surface area contributed by atoms with Gasteiger partial charge in [0.1, 0.15) is 24.1 Å². The van der Waals surface area contributed by atoms with Crippen LogP contribution in [0.4, 0.5) is 36.8 Å². The average Bonchev–Trinajstić information content (AvgIpc) is 3.69. The Morgan fingerprint density at radius 1 is 1.02 bits per heavy atom. The van der Waals surface area contributed by atoms with Crippen molar-refractivity contribution < 1.29 is 55.7 Å².